The Balaban J connectivity index is 2.43. The molecule has 0 bridgehead atoms. The summed E-state index contributed by atoms with van der Waals surface area (Å²) in [6, 6.07) is 16.3. The summed E-state index contributed by atoms with van der Waals surface area (Å²) in [7, 11) is 5.28. The molecule has 0 spiro atoms. The van der Waals surface area contributed by atoms with Gasteiger partial charge in [0.2, 0.25) is 0 Å². The van der Waals surface area contributed by atoms with E-state index in [4.69, 9.17) is 9.47 Å². The van der Waals surface area contributed by atoms with E-state index in [1.54, 1.807) is 14.2 Å². The van der Waals surface area contributed by atoms with Crippen molar-refractivity contribution in [1.82, 2.24) is 5.32 Å². The van der Waals surface area contributed by atoms with E-state index in [0.717, 1.165) is 17.1 Å². The minimum absolute atomic E-state index is 0.0991. The van der Waals surface area contributed by atoms with Gasteiger partial charge >= 0.3 is 0 Å². The first-order valence-electron chi connectivity index (χ1n) is 6.24. The van der Waals surface area contributed by atoms with Gasteiger partial charge in [-0.2, -0.15) is 0 Å². The first-order valence-corrected chi connectivity index (χ1v) is 6.24. The van der Waals surface area contributed by atoms with Crippen LogP contribution >= 0.6 is 0 Å². The van der Waals surface area contributed by atoms with Crippen molar-refractivity contribution >= 4 is 0 Å². The first-order chi connectivity index (χ1) is 9.30. The van der Waals surface area contributed by atoms with E-state index in [1.807, 2.05) is 43.4 Å². The number of methoxy groups -OCH3 is 2. The molecule has 100 valence electrons. The summed E-state index contributed by atoms with van der Waals surface area (Å²) >= 11 is 0. The van der Waals surface area contributed by atoms with Crippen molar-refractivity contribution in [3.8, 4) is 11.5 Å². The molecular formula is C16H19NO2. The van der Waals surface area contributed by atoms with Crippen LogP contribution in [0.5, 0.6) is 11.5 Å². The normalized spacial score (nSPS) is 11.9. The molecular weight excluding hydrogens is 238 g/mol. The van der Waals surface area contributed by atoms with Crippen LogP contribution in [-0.2, 0) is 0 Å². The Labute approximate surface area is 114 Å². The number of hydrogen-bond acceptors (Lipinski definition) is 3. The van der Waals surface area contributed by atoms with E-state index in [9.17, 15) is 0 Å². The Morgan fingerprint density at radius 3 is 2.26 bits per heavy atom. The van der Waals surface area contributed by atoms with Gasteiger partial charge in [0.05, 0.1) is 20.3 Å². The Kier molecular flexibility index (Phi) is 4.42. The fourth-order valence-electron chi connectivity index (χ4n) is 2.20. The van der Waals surface area contributed by atoms with Gasteiger partial charge in [0.25, 0.3) is 0 Å². The molecule has 0 fully saturated rings. The molecule has 0 heterocycles. The van der Waals surface area contributed by atoms with Crippen molar-refractivity contribution in [2.45, 2.75) is 6.04 Å². The standard InChI is InChI=1S/C16H19NO2/c1-17-16(12-7-5-4-6-8-12)14-10-9-13(18-2)11-15(14)19-3/h4-11,16-17H,1-3H3. The lowest BCUT2D eigenvalue weighted by Crippen LogP contribution is -2.18. The molecule has 2 aromatic carbocycles. The van der Waals surface area contributed by atoms with Crippen LogP contribution in [-0.4, -0.2) is 21.3 Å². The van der Waals surface area contributed by atoms with Crippen LogP contribution in [0.2, 0.25) is 0 Å². The van der Waals surface area contributed by atoms with Gasteiger partial charge in [-0.25, -0.2) is 0 Å². The molecule has 0 radical (unpaired) electrons. The van der Waals surface area contributed by atoms with Crippen LogP contribution in [0.15, 0.2) is 48.5 Å². The molecule has 3 heteroatoms. The van der Waals surface area contributed by atoms with E-state index in [0.29, 0.717) is 0 Å². The molecule has 0 amide bonds. The average Bonchev–Trinajstić information content (AvgIpc) is 2.49. The van der Waals surface area contributed by atoms with E-state index in [2.05, 4.69) is 17.4 Å². The van der Waals surface area contributed by atoms with Gasteiger partial charge in [0, 0.05) is 11.6 Å². The molecule has 1 atom stereocenters. The maximum atomic E-state index is 5.47. The van der Waals surface area contributed by atoms with Crippen molar-refractivity contribution in [3.63, 3.8) is 0 Å². The zero-order chi connectivity index (χ0) is 13.7. The lowest BCUT2D eigenvalue weighted by atomic mass is 9.98. The Hall–Kier alpha value is -2.00. The summed E-state index contributed by atoms with van der Waals surface area (Å²) in [6.07, 6.45) is 0. The van der Waals surface area contributed by atoms with Crippen molar-refractivity contribution in [1.29, 1.82) is 0 Å². The molecule has 1 N–H and O–H groups in total. The van der Waals surface area contributed by atoms with Crippen LogP contribution in [0, 0.1) is 0 Å². The topological polar surface area (TPSA) is 30.5 Å². The predicted molar refractivity (Wildman–Crippen MR) is 76.9 cm³/mol. The highest BCUT2D eigenvalue weighted by Gasteiger charge is 2.16. The molecule has 0 aliphatic carbocycles. The fraction of sp³-hybridized carbons (Fsp3) is 0.250. The average molecular weight is 257 g/mol. The second-order valence-corrected chi connectivity index (χ2v) is 4.24. The Morgan fingerprint density at radius 2 is 1.68 bits per heavy atom. The Morgan fingerprint density at radius 1 is 0.947 bits per heavy atom. The summed E-state index contributed by atoms with van der Waals surface area (Å²) in [5, 5.41) is 3.33. The van der Waals surface area contributed by atoms with Gasteiger partial charge < -0.3 is 14.8 Å². The number of benzene rings is 2. The maximum absolute atomic E-state index is 5.47. The molecule has 0 saturated heterocycles. The highest BCUT2D eigenvalue weighted by molar-refractivity contribution is 5.46. The number of nitrogens with one attached hydrogen (secondary N) is 1. The van der Waals surface area contributed by atoms with Crippen molar-refractivity contribution < 1.29 is 9.47 Å². The van der Waals surface area contributed by atoms with Gasteiger partial charge in [0.1, 0.15) is 11.5 Å². The minimum Gasteiger partial charge on any atom is -0.497 e. The predicted octanol–water partition coefficient (Wildman–Crippen LogP) is 3.01. The third-order valence-corrected chi connectivity index (χ3v) is 3.17. The van der Waals surface area contributed by atoms with Gasteiger partial charge in [-0.15, -0.1) is 0 Å². The third kappa shape index (κ3) is 2.88. The van der Waals surface area contributed by atoms with Crippen LogP contribution in [0.3, 0.4) is 0 Å². The van der Waals surface area contributed by atoms with Crippen molar-refractivity contribution in [2.24, 2.45) is 0 Å². The molecule has 0 aliphatic heterocycles. The van der Waals surface area contributed by atoms with Crippen LogP contribution < -0.4 is 14.8 Å². The summed E-state index contributed by atoms with van der Waals surface area (Å²) in [5.41, 5.74) is 2.30. The fourth-order valence-corrected chi connectivity index (χ4v) is 2.20. The summed E-state index contributed by atoms with van der Waals surface area (Å²) in [5.74, 6) is 1.62. The van der Waals surface area contributed by atoms with Crippen LogP contribution in [0.25, 0.3) is 0 Å². The summed E-state index contributed by atoms with van der Waals surface area (Å²) in [6.45, 7) is 0. The lowest BCUT2D eigenvalue weighted by molar-refractivity contribution is 0.388. The molecule has 19 heavy (non-hydrogen) atoms. The molecule has 3 nitrogen and oxygen atoms in total. The SMILES string of the molecule is CNC(c1ccccc1)c1ccc(OC)cc1OC. The molecule has 0 saturated carbocycles. The lowest BCUT2D eigenvalue weighted by Gasteiger charge is -2.20. The smallest absolute Gasteiger partial charge is 0.127 e. The monoisotopic (exact) mass is 257 g/mol. The summed E-state index contributed by atoms with van der Waals surface area (Å²) < 4.78 is 10.7. The summed E-state index contributed by atoms with van der Waals surface area (Å²) in [4.78, 5) is 0. The number of hydrogen-bond donors (Lipinski definition) is 1. The van der Waals surface area contributed by atoms with Crippen LogP contribution in [0.4, 0.5) is 0 Å². The van der Waals surface area contributed by atoms with E-state index < -0.39 is 0 Å². The molecule has 0 aliphatic rings. The number of ether oxygens (including phenoxy) is 2. The molecule has 1 unspecified atom stereocenters. The minimum atomic E-state index is 0.0991. The van der Waals surface area contributed by atoms with E-state index in [1.165, 1.54) is 5.56 Å². The van der Waals surface area contributed by atoms with Gasteiger partial charge in [0.15, 0.2) is 0 Å². The quantitative estimate of drug-likeness (QED) is 0.893. The van der Waals surface area contributed by atoms with Crippen molar-refractivity contribution in [3.05, 3.63) is 59.7 Å². The largest absolute Gasteiger partial charge is 0.497 e. The van der Waals surface area contributed by atoms with Crippen LogP contribution in [0.1, 0.15) is 17.2 Å². The third-order valence-electron chi connectivity index (χ3n) is 3.17. The van der Waals surface area contributed by atoms with Gasteiger partial charge in [-0.05, 0) is 24.7 Å². The van der Waals surface area contributed by atoms with Gasteiger partial charge in [-0.3, -0.25) is 0 Å². The highest BCUT2D eigenvalue weighted by atomic mass is 16.5. The first kappa shape index (κ1) is 13.4. The zero-order valence-corrected chi connectivity index (χ0v) is 11.5. The molecule has 2 rings (SSSR count). The van der Waals surface area contributed by atoms with Gasteiger partial charge in [-0.1, -0.05) is 30.3 Å². The van der Waals surface area contributed by atoms with E-state index >= 15 is 0 Å². The zero-order valence-electron chi connectivity index (χ0n) is 11.5. The second kappa shape index (κ2) is 6.25. The van der Waals surface area contributed by atoms with Crippen molar-refractivity contribution in [2.75, 3.05) is 21.3 Å². The molecule has 0 aromatic heterocycles. The number of rotatable bonds is 5. The Bertz CT molecular complexity index is 526. The molecule has 2 aromatic rings. The second-order valence-electron chi connectivity index (χ2n) is 4.24. The highest BCUT2D eigenvalue weighted by Crippen LogP contribution is 2.32. The maximum Gasteiger partial charge on any atom is 0.127 e. The van der Waals surface area contributed by atoms with E-state index in [-0.39, 0.29) is 6.04 Å².